The van der Waals surface area contributed by atoms with Gasteiger partial charge in [-0.2, -0.15) is 0 Å². The normalized spacial score (nSPS) is 15.1. The van der Waals surface area contributed by atoms with Crippen molar-refractivity contribution in [3.8, 4) is 0 Å². The molecular formula is C13H9ClS2. The molecule has 2 aromatic rings. The van der Waals surface area contributed by atoms with Crippen LogP contribution in [-0.2, 0) is 0 Å². The maximum absolute atomic E-state index is 6.56. The first-order valence-electron chi connectivity index (χ1n) is 5.03. The van der Waals surface area contributed by atoms with Crippen LogP contribution in [0.5, 0.6) is 0 Å². The van der Waals surface area contributed by atoms with E-state index in [-0.39, 0.29) is 5.38 Å². The summed E-state index contributed by atoms with van der Waals surface area (Å²) in [5.41, 5.74) is 2.43. The first-order valence-corrected chi connectivity index (χ1v) is 7.61. The molecule has 0 bridgehead atoms. The molecule has 1 aliphatic rings. The Morgan fingerprint density at radius 2 is 1.19 bits per heavy atom. The van der Waals surface area contributed by atoms with Gasteiger partial charge in [-0.3, -0.25) is 0 Å². The van der Waals surface area contributed by atoms with E-state index in [1.807, 2.05) is 12.1 Å². The molecule has 0 aromatic heterocycles. The number of halogens is 1. The number of hydrogen-bond acceptors (Lipinski definition) is 2. The van der Waals surface area contributed by atoms with Gasteiger partial charge in [0.05, 0.1) is 5.38 Å². The fourth-order valence-corrected chi connectivity index (χ4v) is 4.76. The molecule has 0 unspecified atom stereocenters. The van der Waals surface area contributed by atoms with Crippen LogP contribution in [0.2, 0.25) is 0 Å². The van der Waals surface area contributed by atoms with Crippen molar-refractivity contribution in [1.29, 1.82) is 0 Å². The van der Waals surface area contributed by atoms with E-state index in [0.29, 0.717) is 0 Å². The largest absolute Gasteiger partial charge is 0.113 e. The zero-order valence-corrected chi connectivity index (χ0v) is 10.8. The van der Waals surface area contributed by atoms with E-state index in [1.165, 1.54) is 20.9 Å². The Balaban J connectivity index is 2.18. The summed E-state index contributed by atoms with van der Waals surface area (Å²) in [7, 11) is 3.58. The highest BCUT2D eigenvalue weighted by atomic mass is 35.5. The molecule has 1 aliphatic heterocycles. The third-order valence-corrected chi connectivity index (χ3v) is 5.59. The Bertz CT molecular complexity index is 477. The van der Waals surface area contributed by atoms with Crippen molar-refractivity contribution < 1.29 is 0 Å². The van der Waals surface area contributed by atoms with Crippen molar-refractivity contribution in [3.05, 3.63) is 59.7 Å². The van der Waals surface area contributed by atoms with Crippen LogP contribution in [0.15, 0.2) is 58.3 Å². The first-order chi connectivity index (χ1) is 7.86. The standard InChI is InChI=1S/C13H9ClS2/c14-13-9-5-1-3-7-11(9)15-16-12-8-4-2-6-10(12)13/h1-8,13H. The van der Waals surface area contributed by atoms with Gasteiger partial charge in [-0.05, 0) is 23.3 Å². The maximum atomic E-state index is 6.56. The summed E-state index contributed by atoms with van der Waals surface area (Å²) in [5.74, 6) is 0. The molecule has 0 saturated heterocycles. The van der Waals surface area contributed by atoms with Crippen molar-refractivity contribution >= 4 is 33.2 Å². The van der Waals surface area contributed by atoms with Crippen molar-refractivity contribution in [2.24, 2.45) is 0 Å². The van der Waals surface area contributed by atoms with E-state index < -0.39 is 0 Å². The number of benzene rings is 2. The van der Waals surface area contributed by atoms with Crippen molar-refractivity contribution in [1.82, 2.24) is 0 Å². The van der Waals surface area contributed by atoms with E-state index >= 15 is 0 Å². The van der Waals surface area contributed by atoms with Gasteiger partial charge < -0.3 is 0 Å². The van der Waals surface area contributed by atoms with Crippen LogP contribution in [0.4, 0.5) is 0 Å². The minimum Gasteiger partial charge on any atom is -0.113 e. The van der Waals surface area contributed by atoms with Crippen LogP contribution in [0, 0.1) is 0 Å². The van der Waals surface area contributed by atoms with Crippen LogP contribution in [-0.4, -0.2) is 0 Å². The summed E-state index contributed by atoms with van der Waals surface area (Å²) >= 11 is 6.56. The third-order valence-electron chi connectivity index (χ3n) is 2.61. The van der Waals surface area contributed by atoms with Gasteiger partial charge in [-0.15, -0.1) is 11.6 Å². The second kappa shape index (κ2) is 4.36. The highest BCUT2D eigenvalue weighted by molar-refractivity contribution is 8.76. The number of hydrogen-bond donors (Lipinski definition) is 0. The highest BCUT2D eigenvalue weighted by Crippen LogP contribution is 2.49. The summed E-state index contributed by atoms with van der Waals surface area (Å²) in [4.78, 5) is 2.53. The van der Waals surface area contributed by atoms with E-state index in [0.717, 1.165) is 0 Å². The van der Waals surface area contributed by atoms with Gasteiger partial charge in [-0.1, -0.05) is 58.0 Å². The molecule has 80 valence electrons. The average Bonchev–Trinajstić information content (AvgIpc) is 2.49. The Labute approximate surface area is 108 Å². The summed E-state index contributed by atoms with van der Waals surface area (Å²) in [6, 6.07) is 16.7. The Morgan fingerprint density at radius 1 is 0.750 bits per heavy atom. The van der Waals surface area contributed by atoms with Gasteiger partial charge in [0.15, 0.2) is 0 Å². The molecule has 0 saturated carbocycles. The molecule has 0 fully saturated rings. The predicted octanol–water partition coefficient (Wildman–Crippen LogP) is 5.13. The molecule has 0 atom stereocenters. The fourth-order valence-electron chi connectivity index (χ4n) is 1.79. The van der Waals surface area contributed by atoms with Crippen molar-refractivity contribution in [2.75, 3.05) is 0 Å². The lowest BCUT2D eigenvalue weighted by atomic mass is 10.0. The average molecular weight is 265 g/mol. The summed E-state index contributed by atoms with van der Waals surface area (Å²) in [5, 5.41) is -0.0325. The monoisotopic (exact) mass is 264 g/mol. The molecule has 3 rings (SSSR count). The quantitative estimate of drug-likeness (QED) is 0.478. The van der Waals surface area contributed by atoms with Gasteiger partial charge in [0.25, 0.3) is 0 Å². The number of fused-ring (bicyclic) bond motifs is 2. The molecule has 1 heterocycles. The van der Waals surface area contributed by atoms with Crippen LogP contribution in [0.25, 0.3) is 0 Å². The second-order valence-electron chi connectivity index (χ2n) is 3.60. The molecule has 0 spiro atoms. The zero-order chi connectivity index (χ0) is 11.0. The summed E-state index contributed by atoms with van der Waals surface area (Å²) in [6.07, 6.45) is 0. The molecule has 0 amide bonds. The van der Waals surface area contributed by atoms with Crippen molar-refractivity contribution in [2.45, 2.75) is 15.2 Å². The smallest absolute Gasteiger partial charge is 0.0857 e. The van der Waals surface area contributed by atoms with Crippen LogP contribution in [0.3, 0.4) is 0 Å². The third kappa shape index (κ3) is 1.75. The van der Waals surface area contributed by atoms with Crippen LogP contribution >= 0.6 is 33.2 Å². The zero-order valence-electron chi connectivity index (χ0n) is 8.39. The molecule has 16 heavy (non-hydrogen) atoms. The van der Waals surface area contributed by atoms with Gasteiger partial charge in [0, 0.05) is 9.79 Å². The minimum atomic E-state index is -0.0325. The number of rotatable bonds is 0. The van der Waals surface area contributed by atoms with Crippen molar-refractivity contribution in [3.63, 3.8) is 0 Å². The molecule has 0 nitrogen and oxygen atoms in total. The van der Waals surface area contributed by atoms with E-state index in [4.69, 9.17) is 11.6 Å². The number of alkyl halides is 1. The lowest BCUT2D eigenvalue weighted by molar-refractivity contribution is 1.05. The van der Waals surface area contributed by atoms with Gasteiger partial charge >= 0.3 is 0 Å². The molecule has 2 aromatic carbocycles. The minimum absolute atomic E-state index is 0.0325. The fraction of sp³-hybridized carbons (Fsp3) is 0.0769. The van der Waals surface area contributed by atoms with Gasteiger partial charge in [-0.25, -0.2) is 0 Å². The maximum Gasteiger partial charge on any atom is 0.0857 e. The van der Waals surface area contributed by atoms with Crippen LogP contribution < -0.4 is 0 Å². The lowest BCUT2D eigenvalue weighted by Crippen LogP contribution is -1.94. The van der Waals surface area contributed by atoms with Gasteiger partial charge in [0.2, 0.25) is 0 Å². The molecule has 0 N–H and O–H groups in total. The first kappa shape index (κ1) is 10.6. The lowest BCUT2D eigenvalue weighted by Gasteiger charge is -2.11. The summed E-state index contributed by atoms with van der Waals surface area (Å²) in [6.45, 7) is 0. The van der Waals surface area contributed by atoms with E-state index in [9.17, 15) is 0 Å². The molecule has 0 aliphatic carbocycles. The molecule has 0 radical (unpaired) electrons. The SMILES string of the molecule is ClC1c2ccccc2SSc2ccccc21. The highest BCUT2D eigenvalue weighted by Gasteiger charge is 2.21. The Hall–Kier alpha value is -0.570. The topological polar surface area (TPSA) is 0 Å². The van der Waals surface area contributed by atoms with Gasteiger partial charge in [0.1, 0.15) is 0 Å². The Kier molecular flexibility index (Phi) is 2.88. The summed E-state index contributed by atoms with van der Waals surface area (Å²) < 4.78 is 0. The van der Waals surface area contributed by atoms with Crippen LogP contribution in [0.1, 0.15) is 16.5 Å². The van der Waals surface area contributed by atoms with E-state index in [2.05, 4.69) is 36.4 Å². The predicted molar refractivity (Wildman–Crippen MR) is 72.3 cm³/mol. The second-order valence-corrected chi connectivity index (χ2v) is 6.25. The Morgan fingerprint density at radius 3 is 1.69 bits per heavy atom. The molecule has 3 heteroatoms. The van der Waals surface area contributed by atoms with E-state index in [1.54, 1.807) is 21.6 Å². The molecular weight excluding hydrogens is 256 g/mol.